The van der Waals surface area contributed by atoms with E-state index in [2.05, 4.69) is 6.58 Å². The van der Waals surface area contributed by atoms with E-state index in [4.69, 9.17) is 14.5 Å². The van der Waals surface area contributed by atoms with Crippen molar-refractivity contribution in [2.24, 2.45) is 0 Å². The second kappa shape index (κ2) is 4.84. The highest BCUT2D eigenvalue weighted by Gasteiger charge is 2.49. The van der Waals surface area contributed by atoms with Crippen molar-refractivity contribution >= 4 is 13.6 Å². The maximum atomic E-state index is 12.9. The smallest absolute Gasteiger partial charge is 0.394 e. The molecule has 0 radical (unpaired) electrons. The van der Waals surface area contributed by atoms with Gasteiger partial charge in [-0.3, -0.25) is 4.57 Å². The topological polar surface area (TPSA) is 83.8 Å². The molecule has 0 aromatic carbocycles. The highest BCUT2D eigenvalue weighted by molar-refractivity contribution is 7.53. The van der Waals surface area contributed by atoms with Gasteiger partial charge in [0.25, 0.3) is 0 Å². The van der Waals surface area contributed by atoms with Crippen molar-refractivity contribution in [1.82, 2.24) is 0 Å². The third-order valence-corrected chi connectivity index (χ3v) is 2.55. The number of carbonyl (C=O) groups excluding carboxylic acids is 1. The zero-order chi connectivity index (χ0) is 14.1. The Morgan fingerprint density at radius 3 is 2.06 bits per heavy atom. The van der Waals surface area contributed by atoms with Gasteiger partial charge >= 0.3 is 19.2 Å². The molecule has 0 rings (SSSR count). The lowest BCUT2D eigenvalue weighted by molar-refractivity contribution is -0.150. The Kier molecular flexibility index (Phi) is 4.62. The van der Waals surface area contributed by atoms with Crippen LogP contribution in [0.3, 0.4) is 0 Å². The molecule has 100 valence electrons. The van der Waals surface area contributed by atoms with Gasteiger partial charge in [-0.05, 0) is 20.8 Å². The minimum absolute atomic E-state index is 0.687. The zero-order valence-electron chi connectivity index (χ0n) is 9.74. The number of halogens is 2. The summed E-state index contributed by atoms with van der Waals surface area (Å²) in [6.07, 6.45) is -1.44. The van der Waals surface area contributed by atoms with Gasteiger partial charge in [0.05, 0.1) is 6.42 Å². The van der Waals surface area contributed by atoms with E-state index in [0.29, 0.717) is 0 Å². The summed E-state index contributed by atoms with van der Waals surface area (Å²) in [5.41, 5.74) is -5.90. The van der Waals surface area contributed by atoms with E-state index >= 15 is 0 Å². The van der Waals surface area contributed by atoms with Crippen LogP contribution in [0.1, 0.15) is 27.2 Å². The lowest BCUT2D eigenvalue weighted by Gasteiger charge is -2.22. The van der Waals surface area contributed by atoms with Crippen LogP contribution in [0.2, 0.25) is 0 Å². The van der Waals surface area contributed by atoms with Gasteiger partial charge in [0.1, 0.15) is 5.60 Å². The van der Waals surface area contributed by atoms with E-state index in [0.717, 1.165) is 0 Å². The third kappa shape index (κ3) is 5.39. The van der Waals surface area contributed by atoms with Crippen LogP contribution < -0.4 is 0 Å². The van der Waals surface area contributed by atoms with Crippen molar-refractivity contribution in [3.8, 4) is 0 Å². The molecule has 0 unspecified atom stereocenters. The molecular formula is C9H15F2O5P. The van der Waals surface area contributed by atoms with E-state index in [9.17, 15) is 18.1 Å². The molecule has 0 saturated carbocycles. The predicted molar refractivity (Wildman–Crippen MR) is 56.6 cm³/mol. The summed E-state index contributed by atoms with van der Waals surface area (Å²) in [7, 11) is -5.62. The van der Waals surface area contributed by atoms with Gasteiger partial charge < -0.3 is 14.5 Å². The fourth-order valence-corrected chi connectivity index (χ4v) is 1.18. The van der Waals surface area contributed by atoms with Crippen molar-refractivity contribution in [3.63, 3.8) is 0 Å². The molecule has 0 aliphatic carbocycles. The van der Waals surface area contributed by atoms with E-state index in [1.807, 2.05) is 0 Å². The lowest BCUT2D eigenvalue weighted by Crippen LogP contribution is -2.27. The van der Waals surface area contributed by atoms with Gasteiger partial charge in [0.15, 0.2) is 0 Å². The fourth-order valence-electron chi connectivity index (χ4n) is 0.782. The second-order valence-corrected chi connectivity index (χ2v) is 6.23. The number of ether oxygens (including phenoxy) is 1. The summed E-state index contributed by atoms with van der Waals surface area (Å²) < 4.78 is 41.1. The van der Waals surface area contributed by atoms with Gasteiger partial charge in [-0.2, -0.15) is 8.78 Å². The van der Waals surface area contributed by atoms with E-state index in [1.54, 1.807) is 0 Å². The molecule has 0 aromatic rings. The van der Waals surface area contributed by atoms with Gasteiger partial charge in [-0.25, -0.2) is 4.79 Å². The average Bonchev–Trinajstić information content (AvgIpc) is 1.97. The Bertz CT molecular complexity index is 366. The summed E-state index contributed by atoms with van der Waals surface area (Å²) in [6, 6.07) is 0. The molecule has 0 heterocycles. The maximum Gasteiger partial charge on any atom is 0.394 e. The summed E-state index contributed by atoms with van der Waals surface area (Å²) in [5.74, 6) is -1.11. The SMILES string of the molecule is C=C(CC(F)(F)P(=O)(O)O)C(=O)OC(C)(C)C. The second-order valence-electron chi connectivity index (χ2n) is 4.49. The normalized spacial score (nSPS) is 13.4. The Hall–Kier alpha value is -0.780. The molecule has 8 heteroatoms. The van der Waals surface area contributed by atoms with Crippen LogP contribution in [-0.2, 0) is 14.1 Å². The summed E-state index contributed by atoms with van der Waals surface area (Å²) >= 11 is 0. The van der Waals surface area contributed by atoms with Gasteiger partial charge in [0.2, 0.25) is 0 Å². The first-order valence-electron chi connectivity index (χ1n) is 4.61. The first kappa shape index (κ1) is 16.2. The average molecular weight is 272 g/mol. The number of carbonyl (C=O) groups is 1. The summed E-state index contributed by atoms with van der Waals surface area (Å²) in [5, 5.41) is 0. The molecule has 0 aliphatic heterocycles. The highest BCUT2D eigenvalue weighted by atomic mass is 31.2. The number of hydrogen-bond acceptors (Lipinski definition) is 3. The molecule has 0 amide bonds. The van der Waals surface area contributed by atoms with Crippen LogP contribution in [0.25, 0.3) is 0 Å². The van der Waals surface area contributed by atoms with E-state index in [1.165, 1.54) is 20.8 Å². The molecule has 0 bridgehead atoms. The van der Waals surface area contributed by atoms with E-state index < -0.39 is 36.8 Å². The van der Waals surface area contributed by atoms with Crippen LogP contribution in [0.5, 0.6) is 0 Å². The van der Waals surface area contributed by atoms with Crippen molar-refractivity contribution in [1.29, 1.82) is 0 Å². The Balaban J connectivity index is 4.68. The van der Waals surface area contributed by atoms with Crippen molar-refractivity contribution in [2.75, 3.05) is 0 Å². The lowest BCUT2D eigenvalue weighted by atomic mass is 10.1. The number of hydrogen-bond donors (Lipinski definition) is 2. The Labute approximate surface area is 97.6 Å². The highest BCUT2D eigenvalue weighted by Crippen LogP contribution is 2.55. The van der Waals surface area contributed by atoms with Crippen LogP contribution in [-0.4, -0.2) is 27.0 Å². The largest absolute Gasteiger partial charge is 0.457 e. The molecule has 0 spiro atoms. The first-order chi connectivity index (χ1) is 7.26. The number of alkyl halides is 2. The molecule has 5 nitrogen and oxygen atoms in total. The Morgan fingerprint density at radius 1 is 1.35 bits per heavy atom. The molecular weight excluding hydrogens is 257 g/mol. The molecule has 0 fully saturated rings. The number of rotatable bonds is 4. The zero-order valence-corrected chi connectivity index (χ0v) is 10.6. The first-order valence-corrected chi connectivity index (χ1v) is 6.22. The van der Waals surface area contributed by atoms with Gasteiger partial charge in [-0.15, -0.1) is 0 Å². The number of esters is 1. The molecule has 0 saturated heterocycles. The van der Waals surface area contributed by atoms with Crippen molar-refractivity contribution < 1.29 is 32.7 Å². The van der Waals surface area contributed by atoms with Crippen LogP contribution >= 0.6 is 7.60 Å². The fraction of sp³-hybridized carbons (Fsp3) is 0.667. The molecule has 0 atom stereocenters. The van der Waals surface area contributed by atoms with E-state index in [-0.39, 0.29) is 0 Å². The third-order valence-electron chi connectivity index (χ3n) is 1.54. The van der Waals surface area contributed by atoms with Crippen LogP contribution in [0.4, 0.5) is 8.78 Å². The summed E-state index contributed by atoms with van der Waals surface area (Å²) in [4.78, 5) is 28.0. The van der Waals surface area contributed by atoms with Crippen LogP contribution in [0, 0.1) is 0 Å². The standard InChI is InChI=1S/C9H15F2O5P/c1-6(7(12)16-8(2,3)4)5-9(10,11)17(13,14)15/h1,5H2,2-4H3,(H2,13,14,15). The quantitative estimate of drug-likeness (QED) is 0.465. The van der Waals surface area contributed by atoms with Gasteiger partial charge in [-0.1, -0.05) is 6.58 Å². The van der Waals surface area contributed by atoms with Crippen LogP contribution in [0.15, 0.2) is 12.2 Å². The van der Waals surface area contributed by atoms with Crippen molar-refractivity contribution in [3.05, 3.63) is 12.2 Å². The maximum absolute atomic E-state index is 12.9. The minimum atomic E-state index is -5.62. The molecule has 2 N–H and O–H groups in total. The molecule has 17 heavy (non-hydrogen) atoms. The summed E-state index contributed by atoms with van der Waals surface area (Å²) in [6.45, 7) is 7.62. The molecule has 0 aromatic heterocycles. The Morgan fingerprint density at radius 2 is 1.76 bits per heavy atom. The molecule has 0 aliphatic rings. The predicted octanol–water partition coefficient (Wildman–Crippen LogP) is 2.04. The monoisotopic (exact) mass is 272 g/mol. The van der Waals surface area contributed by atoms with Crippen molar-refractivity contribution in [2.45, 2.75) is 38.5 Å². The minimum Gasteiger partial charge on any atom is -0.457 e. The van der Waals surface area contributed by atoms with Gasteiger partial charge in [0, 0.05) is 5.57 Å².